The van der Waals surface area contributed by atoms with E-state index in [4.69, 9.17) is 0 Å². The number of anilines is 1. The van der Waals surface area contributed by atoms with E-state index in [1.165, 1.54) is 47.4 Å². The van der Waals surface area contributed by atoms with Crippen molar-refractivity contribution in [2.75, 3.05) is 11.1 Å². The van der Waals surface area contributed by atoms with E-state index in [2.05, 4.69) is 17.2 Å². The summed E-state index contributed by atoms with van der Waals surface area (Å²) in [7, 11) is 0. The standard InChI is InChI=1S/C18H18FN3O2S2/c1-2-3-9-22-17(24)16-14(8-10-25-16)21-18(22)26-11-15(23)20-13-6-4-12(19)5-7-13/h4-8,10H,2-3,9,11H2,1H3,(H,20,23). The molecule has 0 aliphatic rings. The highest BCUT2D eigenvalue weighted by Crippen LogP contribution is 2.21. The highest BCUT2D eigenvalue weighted by molar-refractivity contribution is 7.99. The summed E-state index contributed by atoms with van der Waals surface area (Å²) in [4.78, 5) is 29.4. The minimum absolute atomic E-state index is 0.0557. The van der Waals surface area contributed by atoms with Gasteiger partial charge in [0, 0.05) is 12.2 Å². The summed E-state index contributed by atoms with van der Waals surface area (Å²) in [6.45, 7) is 2.64. The highest BCUT2D eigenvalue weighted by atomic mass is 32.2. The van der Waals surface area contributed by atoms with Crippen molar-refractivity contribution in [3.8, 4) is 0 Å². The summed E-state index contributed by atoms with van der Waals surface area (Å²) in [5.74, 6) is -0.472. The third-order valence-electron chi connectivity index (χ3n) is 3.73. The van der Waals surface area contributed by atoms with Crippen molar-refractivity contribution >= 4 is 44.9 Å². The molecule has 2 heterocycles. The van der Waals surface area contributed by atoms with Crippen molar-refractivity contribution in [2.24, 2.45) is 0 Å². The molecule has 2 aromatic heterocycles. The number of amides is 1. The van der Waals surface area contributed by atoms with Gasteiger partial charge in [-0.3, -0.25) is 14.2 Å². The van der Waals surface area contributed by atoms with Crippen LogP contribution in [0.5, 0.6) is 0 Å². The molecule has 1 amide bonds. The van der Waals surface area contributed by atoms with Crippen LogP contribution < -0.4 is 10.9 Å². The first kappa shape index (κ1) is 18.6. The zero-order valence-corrected chi connectivity index (χ0v) is 15.8. The number of fused-ring (bicyclic) bond motifs is 1. The van der Waals surface area contributed by atoms with Crippen LogP contribution in [0, 0.1) is 5.82 Å². The molecule has 3 rings (SSSR count). The van der Waals surface area contributed by atoms with Crippen molar-refractivity contribution < 1.29 is 9.18 Å². The second-order valence-electron chi connectivity index (χ2n) is 5.68. The minimum Gasteiger partial charge on any atom is -0.325 e. The number of thiophene rings is 1. The highest BCUT2D eigenvalue weighted by Gasteiger charge is 2.14. The second kappa shape index (κ2) is 8.46. The summed E-state index contributed by atoms with van der Waals surface area (Å²) in [6.07, 6.45) is 1.83. The van der Waals surface area contributed by atoms with Crippen LogP contribution in [0.2, 0.25) is 0 Å². The Morgan fingerprint density at radius 3 is 2.81 bits per heavy atom. The van der Waals surface area contributed by atoms with Crippen molar-refractivity contribution in [2.45, 2.75) is 31.5 Å². The van der Waals surface area contributed by atoms with Gasteiger partial charge in [0.15, 0.2) is 5.16 Å². The fourth-order valence-electron chi connectivity index (χ4n) is 2.41. The number of nitrogens with one attached hydrogen (secondary N) is 1. The number of thioether (sulfide) groups is 1. The first-order valence-corrected chi connectivity index (χ1v) is 10.1. The zero-order chi connectivity index (χ0) is 18.5. The van der Waals surface area contributed by atoms with Crippen LogP contribution in [0.3, 0.4) is 0 Å². The average molecular weight is 391 g/mol. The summed E-state index contributed by atoms with van der Waals surface area (Å²) < 4.78 is 15.2. The van der Waals surface area contributed by atoms with Crippen LogP contribution in [0.15, 0.2) is 45.7 Å². The molecular weight excluding hydrogens is 373 g/mol. The van der Waals surface area contributed by atoms with Gasteiger partial charge < -0.3 is 5.32 Å². The van der Waals surface area contributed by atoms with Crippen LogP contribution in [0.1, 0.15) is 19.8 Å². The molecule has 0 fully saturated rings. The minimum atomic E-state index is -0.356. The molecule has 0 atom stereocenters. The summed E-state index contributed by atoms with van der Waals surface area (Å²) in [5, 5.41) is 5.10. The van der Waals surface area contributed by atoms with Crippen LogP contribution in [-0.2, 0) is 11.3 Å². The smallest absolute Gasteiger partial charge is 0.272 e. The molecular formula is C18H18FN3O2S2. The Balaban J connectivity index is 1.75. The van der Waals surface area contributed by atoms with Gasteiger partial charge in [0.2, 0.25) is 5.91 Å². The maximum absolute atomic E-state index is 12.9. The summed E-state index contributed by atoms with van der Waals surface area (Å²) in [6, 6.07) is 7.40. The molecule has 0 radical (unpaired) electrons. The number of unbranched alkanes of at least 4 members (excludes halogenated alkanes) is 1. The Labute approximate surface area is 158 Å². The maximum atomic E-state index is 12.9. The normalized spacial score (nSPS) is 11.0. The monoisotopic (exact) mass is 391 g/mol. The molecule has 0 spiro atoms. The third kappa shape index (κ3) is 4.31. The number of benzene rings is 1. The van der Waals surface area contributed by atoms with Gasteiger partial charge in [0.05, 0.1) is 11.3 Å². The molecule has 0 saturated carbocycles. The van der Waals surface area contributed by atoms with Gasteiger partial charge in [-0.25, -0.2) is 9.37 Å². The molecule has 0 saturated heterocycles. The number of hydrogen-bond acceptors (Lipinski definition) is 5. The van der Waals surface area contributed by atoms with E-state index >= 15 is 0 Å². The molecule has 0 unspecified atom stereocenters. The van der Waals surface area contributed by atoms with Gasteiger partial charge in [-0.2, -0.15) is 0 Å². The third-order valence-corrected chi connectivity index (χ3v) is 5.59. The van der Waals surface area contributed by atoms with Crippen LogP contribution >= 0.6 is 23.1 Å². The predicted molar refractivity (Wildman–Crippen MR) is 105 cm³/mol. The number of carbonyl (C=O) groups is 1. The quantitative estimate of drug-likeness (QED) is 0.486. The SMILES string of the molecule is CCCCn1c(SCC(=O)Nc2ccc(F)cc2)nc2ccsc2c1=O. The fraction of sp³-hybridized carbons (Fsp3) is 0.278. The summed E-state index contributed by atoms with van der Waals surface area (Å²) >= 11 is 2.61. The van der Waals surface area contributed by atoms with Gasteiger partial charge in [-0.05, 0) is 42.1 Å². The van der Waals surface area contributed by atoms with Gasteiger partial charge >= 0.3 is 0 Å². The number of aromatic nitrogens is 2. The molecule has 136 valence electrons. The molecule has 3 aromatic rings. The van der Waals surface area contributed by atoms with Gasteiger partial charge in [-0.1, -0.05) is 25.1 Å². The Morgan fingerprint density at radius 2 is 2.08 bits per heavy atom. The molecule has 26 heavy (non-hydrogen) atoms. The molecule has 0 aliphatic carbocycles. The Hall–Kier alpha value is -2.19. The number of halogens is 1. The number of hydrogen-bond donors (Lipinski definition) is 1. The Bertz CT molecular complexity index is 967. The first-order chi connectivity index (χ1) is 12.6. The Morgan fingerprint density at radius 1 is 1.31 bits per heavy atom. The lowest BCUT2D eigenvalue weighted by atomic mass is 10.3. The van der Waals surface area contributed by atoms with Crippen molar-refractivity contribution in [3.63, 3.8) is 0 Å². The van der Waals surface area contributed by atoms with Crippen molar-refractivity contribution in [1.29, 1.82) is 0 Å². The van der Waals surface area contributed by atoms with Gasteiger partial charge in [-0.15, -0.1) is 11.3 Å². The number of carbonyl (C=O) groups excluding carboxylic acids is 1. The van der Waals surface area contributed by atoms with E-state index in [1.54, 1.807) is 4.57 Å². The topological polar surface area (TPSA) is 64.0 Å². The maximum Gasteiger partial charge on any atom is 0.272 e. The van der Waals surface area contributed by atoms with Crippen molar-refractivity contribution in [3.05, 3.63) is 51.9 Å². The first-order valence-electron chi connectivity index (χ1n) is 8.24. The fourth-order valence-corrected chi connectivity index (χ4v) is 4.01. The van der Waals surface area contributed by atoms with E-state index in [1.807, 2.05) is 11.4 Å². The summed E-state index contributed by atoms with van der Waals surface area (Å²) in [5.41, 5.74) is 1.13. The largest absolute Gasteiger partial charge is 0.325 e. The molecule has 0 aliphatic heterocycles. The predicted octanol–water partition coefficient (Wildman–Crippen LogP) is 4.13. The van der Waals surface area contributed by atoms with Crippen molar-refractivity contribution in [1.82, 2.24) is 9.55 Å². The molecule has 1 N–H and O–H groups in total. The molecule has 1 aromatic carbocycles. The Kier molecular flexibility index (Phi) is 6.05. The second-order valence-corrected chi connectivity index (χ2v) is 7.54. The zero-order valence-electron chi connectivity index (χ0n) is 14.2. The van der Waals surface area contributed by atoms with Crippen LogP contribution in [-0.4, -0.2) is 21.2 Å². The van der Waals surface area contributed by atoms with Gasteiger partial charge in [0.1, 0.15) is 10.5 Å². The van der Waals surface area contributed by atoms with E-state index in [-0.39, 0.29) is 23.0 Å². The van der Waals surface area contributed by atoms with E-state index < -0.39 is 0 Å². The van der Waals surface area contributed by atoms with E-state index in [0.717, 1.165) is 12.8 Å². The van der Waals surface area contributed by atoms with Crippen LogP contribution in [0.25, 0.3) is 10.2 Å². The molecule has 0 bridgehead atoms. The lowest BCUT2D eigenvalue weighted by Crippen LogP contribution is -2.23. The average Bonchev–Trinajstić information content (AvgIpc) is 3.10. The van der Waals surface area contributed by atoms with E-state index in [0.29, 0.717) is 27.6 Å². The van der Waals surface area contributed by atoms with E-state index in [9.17, 15) is 14.0 Å². The number of rotatable bonds is 7. The van der Waals surface area contributed by atoms with Crippen LogP contribution in [0.4, 0.5) is 10.1 Å². The lowest BCUT2D eigenvalue weighted by molar-refractivity contribution is -0.113. The number of nitrogens with zero attached hydrogens (tertiary/aromatic N) is 2. The molecule has 8 heteroatoms. The lowest BCUT2D eigenvalue weighted by Gasteiger charge is -2.11. The molecule has 5 nitrogen and oxygen atoms in total. The van der Waals surface area contributed by atoms with Gasteiger partial charge in [0.25, 0.3) is 5.56 Å².